The first kappa shape index (κ1) is 20.5. The molecule has 4 aromatic carbocycles. The summed E-state index contributed by atoms with van der Waals surface area (Å²) in [6.45, 7) is 8.60. The SMILES string of the molecule is C=C/C1=C(\C=C)c2c(n(-c3ccccc3)c3ccccc23)-c2ccccc2-c2[nH]c3ccccc3c21. The molecule has 170 valence electrons. The molecule has 0 spiro atoms. The fourth-order valence-corrected chi connectivity index (χ4v) is 5.84. The largest absolute Gasteiger partial charge is 0.354 e. The fourth-order valence-electron chi connectivity index (χ4n) is 5.84. The van der Waals surface area contributed by atoms with Crippen LogP contribution in [0.2, 0.25) is 0 Å². The Morgan fingerprint density at radius 3 is 1.97 bits per heavy atom. The highest BCUT2D eigenvalue weighted by Gasteiger charge is 2.29. The summed E-state index contributed by atoms with van der Waals surface area (Å²) in [5.41, 5.74) is 12.6. The number of fused-ring (bicyclic) bond motifs is 9. The van der Waals surface area contributed by atoms with Crippen LogP contribution < -0.4 is 0 Å². The van der Waals surface area contributed by atoms with Gasteiger partial charge >= 0.3 is 0 Å². The number of hydrogen-bond donors (Lipinski definition) is 1. The Morgan fingerprint density at radius 1 is 0.583 bits per heavy atom. The topological polar surface area (TPSA) is 20.7 Å². The zero-order chi connectivity index (χ0) is 24.2. The van der Waals surface area contributed by atoms with Crippen molar-refractivity contribution in [3.63, 3.8) is 0 Å². The van der Waals surface area contributed by atoms with E-state index >= 15 is 0 Å². The van der Waals surface area contributed by atoms with E-state index in [4.69, 9.17) is 0 Å². The van der Waals surface area contributed by atoms with Crippen LogP contribution in [0.5, 0.6) is 0 Å². The van der Waals surface area contributed by atoms with Crippen LogP contribution in [0.4, 0.5) is 0 Å². The number of rotatable bonds is 3. The molecule has 2 aromatic heterocycles. The number of para-hydroxylation sites is 3. The molecule has 1 N–H and O–H groups in total. The maximum absolute atomic E-state index is 4.31. The predicted molar refractivity (Wildman–Crippen MR) is 153 cm³/mol. The average molecular weight is 461 g/mol. The van der Waals surface area contributed by atoms with Crippen LogP contribution in [0.15, 0.2) is 128 Å². The molecule has 36 heavy (non-hydrogen) atoms. The van der Waals surface area contributed by atoms with Crippen molar-refractivity contribution in [2.45, 2.75) is 0 Å². The lowest BCUT2D eigenvalue weighted by Crippen LogP contribution is -2.02. The number of aromatic nitrogens is 2. The Kier molecular flexibility index (Phi) is 4.49. The Labute approximate surface area is 210 Å². The second kappa shape index (κ2) is 7.86. The van der Waals surface area contributed by atoms with Gasteiger partial charge in [0.15, 0.2) is 0 Å². The molecule has 0 amide bonds. The van der Waals surface area contributed by atoms with Gasteiger partial charge in [0.1, 0.15) is 0 Å². The van der Waals surface area contributed by atoms with Crippen LogP contribution in [0.1, 0.15) is 11.1 Å². The van der Waals surface area contributed by atoms with Crippen molar-refractivity contribution >= 4 is 33.0 Å². The van der Waals surface area contributed by atoms with E-state index in [1.807, 2.05) is 12.2 Å². The van der Waals surface area contributed by atoms with E-state index in [2.05, 4.69) is 126 Å². The maximum atomic E-state index is 4.31. The highest BCUT2D eigenvalue weighted by Crippen LogP contribution is 2.50. The second-order valence-electron chi connectivity index (χ2n) is 9.11. The van der Waals surface area contributed by atoms with Crippen LogP contribution in [0, 0.1) is 0 Å². The lowest BCUT2D eigenvalue weighted by molar-refractivity contribution is 1.13. The van der Waals surface area contributed by atoms with Crippen LogP contribution in [-0.4, -0.2) is 9.55 Å². The Bertz CT molecular complexity index is 1860. The molecule has 6 aromatic rings. The van der Waals surface area contributed by atoms with Crippen molar-refractivity contribution in [3.05, 3.63) is 140 Å². The molecular weight excluding hydrogens is 436 g/mol. The monoisotopic (exact) mass is 460 g/mol. The number of allylic oxidation sites excluding steroid dienone is 4. The molecule has 0 atom stereocenters. The second-order valence-corrected chi connectivity index (χ2v) is 9.11. The number of benzene rings is 4. The third-order valence-corrected chi connectivity index (χ3v) is 7.28. The summed E-state index contributed by atoms with van der Waals surface area (Å²) in [7, 11) is 0. The van der Waals surface area contributed by atoms with Crippen LogP contribution in [0.3, 0.4) is 0 Å². The number of nitrogens with one attached hydrogen (secondary N) is 1. The molecule has 0 radical (unpaired) electrons. The average Bonchev–Trinajstić information content (AvgIpc) is 3.47. The summed E-state index contributed by atoms with van der Waals surface area (Å²) in [4.78, 5) is 3.75. The molecule has 1 aliphatic rings. The third kappa shape index (κ3) is 2.73. The normalized spacial score (nSPS) is 14.6. The van der Waals surface area contributed by atoms with E-state index in [-0.39, 0.29) is 0 Å². The van der Waals surface area contributed by atoms with Crippen molar-refractivity contribution in [2.24, 2.45) is 0 Å². The van der Waals surface area contributed by atoms with Gasteiger partial charge in [-0.15, -0.1) is 0 Å². The van der Waals surface area contributed by atoms with Crippen molar-refractivity contribution in [2.75, 3.05) is 0 Å². The van der Waals surface area contributed by atoms with Gasteiger partial charge in [0.25, 0.3) is 0 Å². The van der Waals surface area contributed by atoms with Gasteiger partial charge in [0.2, 0.25) is 0 Å². The van der Waals surface area contributed by atoms with Gasteiger partial charge < -0.3 is 9.55 Å². The van der Waals surface area contributed by atoms with Crippen LogP contribution in [0.25, 0.3) is 61.2 Å². The molecule has 2 heterocycles. The Hall–Kier alpha value is -4.82. The van der Waals surface area contributed by atoms with Gasteiger partial charge in [-0.25, -0.2) is 0 Å². The van der Waals surface area contributed by atoms with E-state index in [0.717, 1.165) is 33.7 Å². The highest BCUT2D eigenvalue weighted by atomic mass is 15.0. The minimum absolute atomic E-state index is 1.09. The standard InChI is InChI=1S/C34H24N2/c1-3-23-24(4-2)32-28-19-11-13-21-30(28)36(22-14-6-5-7-15-22)34(32)26-17-9-8-16-25(26)33-31(23)27-18-10-12-20-29(27)35-33/h3-21,35H,1-2H2/b24-23-,31-23?,32-24?,33-25?,34-26?. The van der Waals surface area contributed by atoms with E-state index in [0.29, 0.717) is 0 Å². The predicted octanol–water partition coefficient (Wildman–Crippen LogP) is 9.04. The minimum Gasteiger partial charge on any atom is -0.354 e. The number of nitrogens with zero attached hydrogens (tertiary/aromatic N) is 1. The Balaban J connectivity index is 1.78. The zero-order valence-electron chi connectivity index (χ0n) is 19.8. The first-order valence-electron chi connectivity index (χ1n) is 12.2. The lowest BCUT2D eigenvalue weighted by Gasteiger charge is -2.21. The highest BCUT2D eigenvalue weighted by molar-refractivity contribution is 6.18. The van der Waals surface area contributed by atoms with Gasteiger partial charge in [-0.05, 0) is 35.4 Å². The Morgan fingerprint density at radius 2 is 1.19 bits per heavy atom. The number of hydrogen-bond acceptors (Lipinski definition) is 0. The van der Waals surface area contributed by atoms with Crippen molar-refractivity contribution in [1.29, 1.82) is 0 Å². The first-order valence-corrected chi connectivity index (χ1v) is 12.2. The summed E-state index contributed by atoms with van der Waals surface area (Å²) in [6, 6.07) is 36.5. The maximum Gasteiger partial charge on any atom is 0.0626 e. The molecule has 0 fully saturated rings. The summed E-state index contributed by atoms with van der Waals surface area (Å²) in [5, 5.41) is 2.38. The molecule has 1 aliphatic carbocycles. The van der Waals surface area contributed by atoms with E-state index in [9.17, 15) is 0 Å². The van der Waals surface area contributed by atoms with Gasteiger partial charge in [0.05, 0.1) is 16.9 Å². The molecule has 0 saturated carbocycles. The van der Waals surface area contributed by atoms with Gasteiger partial charge in [-0.3, -0.25) is 0 Å². The van der Waals surface area contributed by atoms with Crippen LogP contribution >= 0.6 is 0 Å². The first-order chi connectivity index (χ1) is 17.8. The quantitative estimate of drug-likeness (QED) is 0.272. The zero-order valence-corrected chi connectivity index (χ0v) is 19.8. The molecule has 7 rings (SSSR count). The van der Waals surface area contributed by atoms with Crippen molar-refractivity contribution in [1.82, 2.24) is 9.55 Å². The van der Waals surface area contributed by atoms with Crippen molar-refractivity contribution in [3.8, 4) is 28.2 Å². The van der Waals surface area contributed by atoms with E-state index in [1.165, 1.54) is 38.5 Å². The molecule has 0 bridgehead atoms. The number of aromatic amines is 1. The molecule has 2 heteroatoms. The van der Waals surface area contributed by atoms with Gasteiger partial charge in [-0.1, -0.05) is 104 Å². The van der Waals surface area contributed by atoms with E-state index < -0.39 is 0 Å². The van der Waals surface area contributed by atoms with Crippen LogP contribution in [-0.2, 0) is 0 Å². The minimum atomic E-state index is 1.09. The fraction of sp³-hybridized carbons (Fsp3) is 0. The summed E-state index contributed by atoms with van der Waals surface area (Å²) < 4.78 is 2.39. The summed E-state index contributed by atoms with van der Waals surface area (Å²) >= 11 is 0. The summed E-state index contributed by atoms with van der Waals surface area (Å²) in [6.07, 6.45) is 3.99. The van der Waals surface area contributed by atoms with E-state index in [1.54, 1.807) is 0 Å². The molecule has 0 saturated heterocycles. The number of H-pyrrole nitrogens is 1. The molecular formula is C34H24N2. The van der Waals surface area contributed by atoms with Crippen molar-refractivity contribution < 1.29 is 0 Å². The summed E-state index contributed by atoms with van der Waals surface area (Å²) in [5.74, 6) is 0. The molecule has 0 unspecified atom stereocenters. The lowest BCUT2D eigenvalue weighted by atomic mass is 9.84. The molecule has 2 nitrogen and oxygen atoms in total. The molecule has 0 aliphatic heterocycles. The van der Waals surface area contributed by atoms with Gasteiger partial charge in [-0.2, -0.15) is 0 Å². The smallest absolute Gasteiger partial charge is 0.0626 e. The van der Waals surface area contributed by atoms with Gasteiger partial charge in [0, 0.05) is 44.2 Å². The third-order valence-electron chi connectivity index (χ3n) is 7.28.